The molecule has 1 aromatic rings. The Morgan fingerprint density at radius 2 is 2.06 bits per heavy atom. The number of aromatic nitrogens is 1. The Labute approximate surface area is 110 Å². The number of nitrogens with one attached hydrogen (secondary N) is 1. The van der Waals surface area contributed by atoms with E-state index in [-0.39, 0.29) is 0 Å². The Morgan fingerprint density at radius 1 is 1.28 bits per heavy atom. The molecule has 0 amide bonds. The van der Waals surface area contributed by atoms with Gasteiger partial charge in [-0.3, -0.25) is 0 Å². The van der Waals surface area contributed by atoms with Gasteiger partial charge in [-0.1, -0.05) is 32.6 Å². The Balaban J connectivity index is 1.81. The molecule has 0 radical (unpaired) electrons. The quantitative estimate of drug-likeness (QED) is 0.618. The van der Waals surface area contributed by atoms with E-state index in [2.05, 4.69) is 17.2 Å². The molecule has 1 N–H and O–H groups in total. The van der Waals surface area contributed by atoms with Gasteiger partial charge in [0.05, 0.1) is 6.20 Å². The Kier molecular flexibility index (Phi) is 5.72. The monoisotopic (exact) mass is 250 g/mol. The molecule has 0 aromatic carbocycles. The van der Waals surface area contributed by atoms with Crippen LogP contribution in [0.5, 0.6) is 0 Å². The Hall–Kier alpha value is -0.830. The SMILES string of the molecule is CCNCCCc1ncc(C2CCCCCC2)o1. The van der Waals surface area contributed by atoms with Gasteiger partial charge in [0, 0.05) is 12.3 Å². The minimum absolute atomic E-state index is 0.627. The predicted octanol–water partition coefficient (Wildman–Crippen LogP) is 3.65. The molecule has 0 saturated heterocycles. The maximum atomic E-state index is 5.92. The molecule has 1 aliphatic rings. The fourth-order valence-corrected chi connectivity index (χ4v) is 2.73. The van der Waals surface area contributed by atoms with Crippen LogP contribution in [0, 0.1) is 0 Å². The Morgan fingerprint density at radius 3 is 2.78 bits per heavy atom. The molecule has 102 valence electrons. The number of nitrogens with zero attached hydrogens (tertiary/aromatic N) is 1. The minimum atomic E-state index is 0.627. The lowest BCUT2D eigenvalue weighted by molar-refractivity contribution is 0.400. The van der Waals surface area contributed by atoms with Gasteiger partial charge in [0.2, 0.25) is 0 Å². The van der Waals surface area contributed by atoms with Gasteiger partial charge >= 0.3 is 0 Å². The summed E-state index contributed by atoms with van der Waals surface area (Å²) in [6.07, 6.45) is 12.1. The van der Waals surface area contributed by atoms with Gasteiger partial charge in [0.25, 0.3) is 0 Å². The van der Waals surface area contributed by atoms with Crippen molar-refractivity contribution >= 4 is 0 Å². The van der Waals surface area contributed by atoms with Gasteiger partial charge in [0.15, 0.2) is 5.89 Å². The first-order chi connectivity index (χ1) is 8.90. The lowest BCUT2D eigenvalue weighted by Gasteiger charge is -2.09. The third-order valence-corrected chi connectivity index (χ3v) is 3.82. The van der Waals surface area contributed by atoms with E-state index in [0.717, 1.165) is 37.6 Å². The van der Waals surface area contributed by atoms with E-state index < -0.39 is 0 Å². The summed E-state index contributed by atoms with van der Waals surface area (Å²) in [6, 6.07) is 0. The Bertz CT molecular complexity index is 327. The molecule has 3 nitrogen and oxygen atoms in total. The minimum Gasteiger partial charge on any atom is -0.445 e. The van der Waals surface area contributed by atoms with Gasteiger partial charge in [0.1, 0.15) is 5.76 Å². The second kappa shape index (κ2) is 7.57. The summed E-state index contributed by atoms with van der Waals surface area (Å²) in [6.45, 7) is 4.23. The molecule has 1 heterocycles. The van der Waals surface area contributed by atoms with E-state index in [4.69, 9.17) is 4.42 Å². The molecule has 3 heteroatoms. The number of rotatable bonds is 6. The maximum Gasteiger partial charge on any atom is 0.194 e. The number of hydrogen-bond acceptors (Lipinski definition) is 3. The topological polar surface area (TPSA) is 38.1 Å². The average Bonchev–Trinajstić information content (AvgIpc) is 2.69. The third kappa shape index (κ3) is 4.13. The fourth-order valence-electron chi connectivity index (χ4n) is 2.73. The molecule has 0 aliphatic heterocycles. The molecule has 1 aromatic heterocycles. The zero-order chi connectivity index (χ0) is 12.6. The largest absolute Gasteiger partial charge is 0.445 e. The molecule has 0 spiro atoms. The number of aryl methyl sites for hydroxylation is 1. The van der Waals surface area contributed by atoms with Crippen LogP contribution >= 0.6 is 0 Å². The van der Waals surface area contributed by atoms with Crippen LogP contribution in [-0.4, -0.2) is 18.1 Å². The van der Waals surface area contributed by atoms with E-state index >= 15 is 0 Å². The summed E-state index contributed by atoms with van der Waals surface area (Å²) in [5.74, 6) is 2.69. The zero-order valence-corrected chi connectivity index (χ0v) is 11.6. The third-order valence-electron chi connectivity index (χ3n) is 3.82. The van der Waals surface area contributed by atoms with Crippen molar-refractivity contribution in [3.05, 3.63) is 17.8 Å². The van der Waals surface area contributed by atoms with Crippen molar-refractivity contribution in [2.24, 2.45) is 0 Å². The van der Waals surface area contributed by atoms with E-state index in [1.54, 1.807) is 0 Å². The van der Waals surface area contributed by atoms with Crippen molar-refractivity contribution in [2.75, 3.05) is 13.1 Å². The van der Waals surface area contributed by atoms with Crippen molar-refractivity contribution < 1.29 is 4.42 Å². The molecule has 1 saturated carbocycles. The average molecular weight is 250 g/mol. The molecule has 1 fully saturated rings. The van der Waals surface area contributed by atoms with Crippen molar-refractivity contribution in [1.29, 1.82) is 0 Å². The lowest BCUT2D eigenvalue weighted by Crippen LogP contribution is -2.14. The highest BCUT2D eigenvalue weighted by molar-refractivity contribution is 5.02. The summed E-state index contributed by atoms with van der Waals surface area (Å²) in [4.78, 5) is 4.43. The highest BCUT2D eigenvalue weighted by atomic mass is 16.4. The second-order valence-corrected chi connectivity index (χ2v) is 5.30. The van der Waals surface area contributed by atoms with Crippen molar-refractivity contribution in [2.45, 2.75) is 64.2 Å². The van der Waals surface area contributed by atoms with Crippen molar-refractivity contribution in [3.63, 3.8) is 0 Å². The first-order valence-corrected chi connectivity index (χ1v) is 7.55. The van der Waals surface area contributed by atoms with Crippen LogP contribution in [0.2, 0.25) is 0 Å². The van der Waals surface area contributed by atoms with Gasteiger partial charge < -0.3 is 9.73 Å². The normalized spacial score (nSPS) is 17.8. The van der Waals surface area contributed by atoms with Crippen LogP contribution in [0.4, 0.5) is 0 Å². The van der Waals surface area contributed by atoms with E-state index in [1.807, 2.05) is 6.20 Å². The first-order valence-electron chi connectivity index (χ1n) is 7.55. The molecule has 0 atom stereocenters. The van der Waals surface area contributed by atoms with Crippen LogP contribution < -0.4 is 5.32 Å². The van der Waals surface area contributed by atoms with Gasteiger partial charge in [-0.2, -0.15) is 0 Å². The summed E-state index contributed by atoms with van der Waals surface area (Å²) < 4.78 is 5.92. The zero-order valence-electron chi connectivity index (χ0n) is 11.6. The van der Waals surface area contributed by atoms with Crippen LogP contribution in [0.15, 0.2) is 10.6 Å². The number of oxazole rings is 1. The summed E-state index contributed by atoms with van der Waals surface area (Å²) in [7, 11) is 0. The van der Waals surface area contributed by atoms with E-state index in [9.17, 15) is 0 Å². The van der Waals surface area contributed by atoms with E-state index in [0.29, 0.717) is 5.92 Å². The van der Waals surface area contributed by atoms with Crippen molar-refractivity contribution in [1.82, 2.24) is 10.3 Å². The highest BCUT2D eigenvalue weighted by Gasteiger charge is 2.18. The molecule has 18 heavy (non-hydrogen) atoms. The maximum absolute atomic E-state index is 5.92. The smallest absolute Gasteiger partial charge is 0.194 e. The predicted molar refractivity (Wildman–Crippen MR) is 73.8 cm³/mol. The standard InChI is InChI=1S/C15H26N2O/c1-2-16-11-7-10-15-17-12-14(18-15)13-8-5-3-4-6-9-13/h12-13,16H,2-11H2,1H3. The summed E-state index contributed by atoms with van der Waals surface area (Å²) in [5.41, 5.74) is 0. The van der Waals surface area contributed by atoms with Crippen LogP contribution in [0.3, 0.4) is 0 Å². The molecule has 0 bridgehead atoms. The highest BCUT2D eigenvalue weighted by Crippen LogP contribution is 2.31. The van der Waals surface area contributed by atoms with Crippen LogP contribution in [-0.2, 0) is 6.42 Å². The molecule has 0 unspecified atom stereocenters. The summed E-state index contributed by atoms with van der Waals surface area (Å²) in [5, 5.41) is 3.33. The van der Waals surface area contributed by atoms with Gasteiger partial charge in [-0.05, 0) is 32.4 Å². The second-order valence-electron chi connectivity index (χ2n) is 5.30. The molecule has 1 aliphatic carbocycles. The van der Waals surface area contributed by atoms with E-state index in [1.165, 1.54) is 38.5 Å². The van der Waals surface area contributed by atoms with Gasteiger partial charge in [-0.25, -0.2) is 4.98 Å². The van der Waals surface area contributed by atoms with Gasteiger partial charge in [-0.15, -0.1) is 0 Å². The molecular weight excluding hydrogens is 224 g/mol. The molecule has 2 rings (SSSR count). The fraction of sp³-hybridized carbons (Fsp3) is 0.800. The first kappa shape index (κ1) is 13.6. The lowest BCUT2D eigenvalue weighted by atomic mass is 9.98. The van der Waals surface area contributed by atoms with Crippen LogP contribution in [0.25, 0.3) is 0 Å². The summed E-state index contributed by atoms with van der Waals surface area (Å²) >= 11 is 0. The van der Waals surface area contributed by atoms with Crippen LogP contribution in [0.1, 0.15) is 69.4 Å². The van der Waals surface area contributed by atoms with Crippen molar-refractivity contribution in [3.8, 4) is 0 Å². The number of hydrogen-bond donors (Lipinski definition) is 1. The molecular formula is C15H26N2O.